The van der Waals surface area contributed by atoms with Crippen LogP contribution in [0, 0.1) is 11.5 Å². The minimum Gasteiger partial charge on any atom is -0.655 e. The second kappa shape index (κ2) is 8.98. The predicted octanol–water partition coefficient (Wildman–Crippen LogP) is -1.34. The molecule has 0 bridgehead atoms. The molecule has 0 aromatic carbocycles. The van der Waals surface area contributed by atoms with Crippen LogP contribution in [0.25, 0.3) is 5.32 Å². The first-order valence-electron chi connectivity index (χ1n) is 3.37. The average molecular weight is 180 g/mol. The van der Waals surface area contributed by atoms with Gasteiger partial charge >= 0.3 is 51.4 Å². The van der Waals surface area contributed by atoms with Crippen molar-refractivity contribution in [1.29, 1.82) is 5.26 Å². The topological polar surface area (TPSA) is 47.1 Å². The number of rotatable bonds is 4. The van der Waals surface area contributed by atoms with Crippen LogP contribution in [-0.2, 0) is 4.74 Å². The molecule has 0 aromatic heterocycles. The Morgan fingerprint density at radius 2 is 2.00 bits per heavy atom. The van der Waals surface area contributed by atoms with Crippen LogP contribution in [0.5, 0.6) is 0 Å². The zero-order valence-electron chi connectivity index (χ0n) is 7.66. The van der Waals surface area contributed by atoms with Gasteiger partial charge in [0, 0.05) is 0 Å². The van der Waals surface area contributed by atoms with E-state index in [1.807, 2.05) is 20.8 Å². The average Bonchev–Trinajstić information content (AvgIpc) is 1.82. The second-order valence-electron chi connectivity index (χ2n) is 2.49. The van der Waals surface area contributed by atoms with Gasteiger partial charge in [-0.1, -0.05) is 20.8 Å². The van der Waals surface area contributed by atoms with Gasteiger partial charge in [0.2, 0.25) is 0 Å². The van der Waals surface area contributed by atoms with E-state index >= 15 is 0 Å². The van der Waals surface area contributed by atoms with Crippen molar-refractivity contribution in [3.63, 3.8) is 0 Å². The summed E-state index contributed by atoms with van der Waals surface area (Å²) in [5, 5.41) is 12.3. The molecule has 0 fully saturated rings. The molecule has 1 atom stereocenters. The molecule has 0 aromatic rings. The summed E-state index contributed by atoms with van der Waals surface area (Å²) >= 11 is 0. The summed E-state index contributed by atoms with van der Waals surface area (Å²) in [6.45, 7) is 6.33. The van der Waals surface area contributed by atoms with Gasteiger partial charge in [0.05, 0.1) is 6.61 Å². The summed E-state index contributed by atoms with van der Waals surface area (Å²) in [5.41, 5.74) is 0. The van der Waals surface area contributed by atoms with Crippen molar-refractivity contribution in [2.45, 2.75) is 32.9 Å². The molecule has 0 aliphatic carbocycles. The van der Waals surface area contributed by atoms with Gasteiger partial charge in [0.1, 0.15) is 0 Å². The molecule has 1 unspecified atom stereocenters. The fraction of sp³-hybridized carbons (Fsp3) is 0.857. The van der Waals surface area contributed by atoms with Crippen LogP contribution in [0.1, 0.15) is 20.8 Å². The number of hydrogen-bond donors (Lipinski definition) is 0. The number of nitrogens with zero attached hydrogens (tertiary/aromatic N) is 2. The molecular weight excluding hydrogens is 167 g/mol. The third-order valence-electron chi connectivity index (χ3n) is 0.942. The van der Waals surface area contributed by atoms with Gasteiger partial charge in [-0.3, -0.25) is 0 Å². The maximum absolute atomic E-state index is 8.04. The fourth-order valence-electron chi connectivity index (χ4n) is 0.710. The predicted molar refractivity (Wildman–Crippen MR) is 39.5 cm³/mol. The Kier molecular flexibility index (Phi) is 11.8. The van der Waals surface area contributed by atoms with E-state index in [-0.39, 0.29) is 57.4 Å². The van der Waals surface area contributed by atoms with Crippen molar-refractivity contribution in [3.05, 3.63) is 5.32 Å². The molecule has 0 spiro atoms. The second-order valence-corrected chi connectivity index (χ2v) is 2.49. The molecule has 58 valence electrons. The van der Waals surface area contributed by atoms with E-state index in [9.17, 15) is 0 Å². The first-order valence-corrected chi connectivity index (χ1v) is 3.37. The molecule has 0 rings (SSSR count). The van der Waals surface area contributed by atoms with Gasteiger partial charge in [-0.2, -0.15) is 5.26 Å². The van der Waals surface area contributed by atoms with Crippen molar-refractivity contribution < 1.29 is 56.1 Å². The zero-order valence-corrected chi connectivity index (χ0v) is 10.8. The Morgan fingerprint density at radius 1 is 1.45 bits per heavy atom. The minimum absolute atomic E-state index is 0. The maximum atomic E-state index is 8.04. The molecule has 0 aliphatic rings. The van der Waals surface area contributed by atoms with Crippen LogP contribution in [0.2, 0.25) is 0 Å². The molecule has 0 saturated heterocycles. The Labute approximate surface area is 111 Å². The number of nitriles is 1. The smallest absolute Gasteiger partial charge is 0.655 e. The summed E-state index contributed by atoms with van der Waals surface area (Å²) in [6.07, 6.45) is 1.61. The van der Waals surface area contributed by atoms with Crippen LogP contribution in [0.15, 0.2) is 0 Å². The third kappa shape index (κ3) is 10.9. The van der Waals surface area contributed by atoms with E-state index in [0.29, 0.717) is 12.6 Å². The van der Waals surface area contributed by atoms with Crippen molar-refractivity contribution in [2.75, 3.05) is 6.61 Å². The Morgan fingerprint density at radius 3 is 2.36 bits per heavy atom. The Bertz CT molecular complexity index is 122. The minimum atomic E-state index is 0. The summed E-state index contributed by atoms with van der Waals surface area (Å²) < 4.78 is 4.51. The van der Waals surface area contributed by atoms with Crippen LogP contribution in [0.3, 0.4) is 0 Å². The monoisotopic (exact) mass is 180 g/mol. The quantitative estimate of drug-likeness (QED) is 0.397. The van der Waals surface area contributed by atoms with Crippen LogP contribution < -0.4 is 51.4 Å². The number of hydrogen-bond acceptors (Lipinski definition) is 2. The van der Waals surface area contributed by atoms with E-state index in [1.54, 1.807) is 6.26 Å². The van der Waals surface area contributed by atoms with E-state index in [1.165, 1.54) is 0 Å². The SMILES string of the molecule is CC(C)[N-]C(C)COC#N.[K+]. The summed E-state index contributed by atoms with van der Waals surface area (Å²) in [6, 6.07) is 0.442. The van der Waals surface area contributed by atoms with Gasteiger partial charge < -0.3 is 10.1 Å². The van der Waals surface area contributed by atoms with Gasteiger partial charge in [-0.25, -0.2) is 0 Å². The summed E-state index contributed by atoms with van der Waals surface area (Å²) in [7, 11) is 0. The maximum Gasteiger partial charge on any atom is 1.00 e. The fourth-order valence-corrected chi connectivity index (χ4v) is 0.710. The van der Waals surface area contributed by atoms with Gasteiger partial charge in [-0.15, -0.1) is 12.1 Å². The Hall–Kier alpha value is 0.886. The van der Waals surface area contributed by atoms with Crippen LogP contribution in [-0.4, -0.2) is 18.7 Å². The van der Waals surface area contributed by atoms with E-state index in [2.05, 4.69) is 10.1 Å². The van der Waals surface area contributed by atoms with Crippen molar-refractivity contribution in [1.82, 2.24) is 0 Å². The molecule has 3 nitrogen and oxygen atoms in total. The van der Waals surface area contributed by atoms with Gasteiger partial charge in [-0.05, 0) is 0 Å². The van der Waals surface area contributed by atoms with Crippen LogP contribution >= 0.6 is 0 Å². The van der Waals surface area contributed by atoms with E-state index in [4.69, 9.17) is 5.26 Å². The Balaban J connectivity index is 0. The first-order chi connectivity index (χ1) is 4.66. The van der Waals surface area contributed by atoms with Crippen molar-refractivity contribution >= 4 is 0 Å². The van der Waals surface area contributed by atoms with Crippen molar-refractivity contribution in [2.24, 2.45) is 0 Å². The molecule has 11 heavy (non-hydrogen) atoms. The van der Waals surface area contributed by atoms with Crippen molar-refractivity contribution in [3.8, 4) is 6.26 Å². The number of ether oxygens (including phenoxy) is 1. The van der Waals surface area contributed by atoms with Gasteiger partial charge in [0.15, 0.2) is 0 Å². The molecule has 0 radical (unpaired) electrons. The molecule has 0 amide bonds. The molecule has 0 aliphatic heterocycles. The summed E-state index contributed by atoms with van der Waals surface area (Å²) in [5.74, 6) is 0. The van der Waals surface area contributed by atoms with E-state index in [0.717, 1.165) is 0 Å². The summed E-state index contributed by atoms with van der Waals surface area (Å²) in [4.78, 5) is 0. The zero-order chi connectivity index (χ0) is 7.98. The molecular formula is C7H13KN2O. The molecule has 0 saturated carbocycles. The van der Waals surface area contributed by atoms with Gasteiger partial charge in [0.25, 0.3) is 6.26 Å². The molecule has 0 heterocycles. The largest absolute Gasteiger partial charge is 1.00 e. The molecule has 4 heteroatoms. The van der Waals surface area contributed by atoms with Crippen LogP contribution in [0.4, 0.5) is 0 Å². The normalized spacial score (nSPS) is 11.5. The standard InChI is InChI=1S/C7H13N2O.K/c1-6(2)9-7(3)4-10-5-8;/h6-7H,4H2,1-3H3;/q-1;+1. The first kappa shape index (κ1) is 14.4. The third-order valence-corrected chi connectivity index (χ3v) is 0.942. The van der Waals surface area contributed by atoms with E-state index < -0.39 is 0 Å². The molecule has 0 N–H and O–H groups in total.